The maximum absolute atomic E-state index is 13.2. The number of guanidine groups is 1. The molecule has 0 bridgehead atoms. The third-order valence-electron chi connectivity index (χ3n) is 4.91. The van der Waals surface area contributed by atoms with Crippen molar-refractivity contribution >= 4 is 35.6 Å². The predicted octanol–water partition coefficient (Wildman–Crippen LogP) is 3.35. The number of aliphatic imine (C=N–C) groups is 1. The van der Waals surface area contributed by atoms with Crippen LogP contribution in [0.5, 0.6) is 5.75 Å². The molecule has 0 saturated carbocycles. The van der Waals surface area contributed by atoms with Crippen LogP contribution >= 0.6 is 24.0 Å². The van der Waals surface area contributed by atoms with E-state index in [1.54, 1.807) is 7.11 Å². The van der Waals surface area contributed by atoms with Crippen molar-refractivity contribution in [3.05, 3.63) is 41.7 Å². The number of aryl methyl sites for hydroxylation is 1. The molecule has 0 aliphatic carbocycles. The lowest BCUT2D eigenvalue weighted by Crippen LogP contribution is -2.52. The first-order chi connectivity index (χ1) is 14.3. The van der Waals surface area contributed by atoms with Crippen LogP contribution in [0.3, 0.4) is 0 Å². The van der Waals surface area contributed by atoms with Gasteiger partial charge >= 0.3 is 6.18 Å². The lowest BCUT2D eigenvalue weighted by Gasteiger charge is -2.38. The number of rotatable bonds is 5. The lowest BCUT2D eigenvalue weighted by molar-refractivity contribution is -0.142. The minimum Gasteiger partial charge on any atom is -0.495 e. The molecule has 2 aromatic rings. The monoisotopic (exact) mass is 552 g/mol. The topological polar surface area (TPSA) is 57.9 Å². The molecule has 31 heavy (non-hydrogen) atoms. The zero-order valence-corrected chi connectivity index (χ0v) is 20.1. The smallest absolute Gasteiger partial charge is 0.435 e. The number of alkyl halides is 3. The van der Waals surface area contributed by atoms with Gasteiger partial charge in [-0.25, -0.2) is 4.99 Å². The highest BCUT2D eigenvalue weighted by Crippen LogP contribution is 2.31. The van der Waals surface area contributed by atoms with Gasteiger partial charge < -0.3 is 19.9 Å². The summed E-state index contributed by atoms with van der Waals surface area (Å²) in [5, 5.41) is 6.74. The minimum atomic E-state index is -4.50. The van der Waals surface area contributed by atoms with Crippen LogP contribution in [0.1, 0.15) is 18.2 Å². The summed E-state index contributed by atoms with van der Waals surface area (Å²) in [7, 11) is 3.13. The van der Waals surface area contributed by atoms with E-state index in [9.17, 15) is 13.2 Å². The van der Waals surface area contributed by atoms with Crippen molar-refractivity contribution in [2.75, 3.05) is 44.7 Å². The zero-order chi connectivity index (χ0) is 21.7. The molecule has 1 saturated heterocycles. The predicted molar refractivity (Wildman–Crippen MR) is 125 cm³/mol. The summed E-state index contributed by atoms with van der Waals surface area (Å²) in [6.07, 6.45) is -3.12. The van der Waals surface area contributed by atoms with Crippen LogP contribution < -0.4 is 15.0 Å². The number of hydrogen-bond donors (Lipinski definition) is 1. The molecule has 11 heteroatoms. The van der Waals surface area contributed by atoms with Crippen LogP contribution in [0.4, 0.5) is 18.9 Å². The van der Waals surface area contributed by atoms with Gasteiger partial charge in [0, 0.05) is 51.5 Å². The summed E-state index contributed by atoms with van der Waals surface area (Å²) in [5.74, 6) is 1.43. The Morgan fingerprint density at radius 3 is 2.48 bits per heavy atom. The van der Waals surface area contributed by atoms with Crippen LogP contribution in [0.25, 0.3) is 0 Å². The van der Waals surface area contributed by atoms with E-state index in [4.69, 9.17) is 4.74 Å². The highest BCUT2D eigenvalue weighted by Gasteiger charge is 2.36. The molecule has 1 aromatic heterocycles. The van der Waals surface area contributed by atoms with Gasteiger partial charge in [-0.05, 0) is 19.1 Å². The van der Waals surface area contributed by atoms with E-state index in [-0.39, 0.29) is 36.1 Å². The molecule has 172 valence electrons. The molecule has 1 fully saturated rings. The Labute approximate surface area is 197 Å². The number of benzene rings is 1. The average molecular weight is 552 g/mol. The summed E-state index contributed by atoms with van der Waals surface area (Å²) in [5.41, 5.74) is 0.213. The van der Waals surface area contributed by atoms with Crippen LogP contribution in [-0.2, 0) is 19.8 Å². The van der Waals surface area contributed by atoms with Crippen LogP contribution in [-0.4, -0.2) is 60.5 Å². The van der Waals surface area contributed by atoms with Gasteiger partial charge in [-0.3, -0.25) is 4.68 Å². The number of ether oxygens (including phenoxy) is 1. The van der Waals surface area contributed by atoms with Gasteiger partial charge in [0.05, 0.1) is 19.3 Å². The Balaban J connectivity index is 0.00000341. The number of nitrogens with zero attached hydrogens (tertiary/aromatic N) is 5. The number of hydrogen-bond acceptors (Lipinski definition) is 4. The highest BCUT2D eigenvalue weighted by molar-refractivity contribution is 14.0. The van der Waals surface area contributed by atoms with Crippen LogP contribution in [0, 0.1) is 0 Å². The van der Waals surface area contributed by atoms with E-state index in [1.165, 1.54) is 17.9 Å². The SMILES string of the molecule is CCNC(=NCc1cn(C)nc1C(F)(F)F)N1CCN(c2ccccc2OC)CC1.I. The van der Waals surface area contributed by atoms with Gasteiger partial charge in [0.1, 0.15) is 5.75 Å². The number of nitrogens with one attached hydrogen (secondary N) is 1. The first kappa shape index (κ1) is 25.1. The van der Waals surface area contributed by atoms with Crippen LogP contribution in [0.2, 0.25) is 0 Å². The van der Waals surface area contributed by atoms with E-state index >= 15 is 0 Å². The van der Waals surface area contributed by atoms with Gasteiger partial charge in [-0.1, -0.05) is 12.1 Å². The maximum Gasteiger partial charge on any atom is 0.435 e. The minimum absolute atomic E-state index is 0. The van der Waals surface area contributed by atoms with Crippen molar-refractivity contribution in [1.82, 2.24) is 20.0 Å². The second kappa shape index (κ2) is 10.9. The van der Waals surface area contributed by atoms with Gasteiger partial charge in [0.15, 0.2) is 11.7 Å². The largest absolute Gasteiger partial charge is 0.495 e. The number of anilines is 1. The Morgan fingerprint density at radius 1 is 1.19 bits per heavy atom. The van der Waals surface area contributed by atoms with Crippen molar-refractivity contribution in [2.24, 2.45) is 12.0 Å². The Hall–Kier alpha value is -2.18. The molecule has 0 unspecified atom stereocenters. The zero-order valence-electron chi connectivity index (χ0n) is 17.8. The van der Waals surface area contributed by atoms with E-state index in [2.05, 4.69) is 25.2 Å². The fourth-order valence-corrected chi connectivity index (χ4v) is 3.53. The number of para-hydroxylation sites is 2. The van der Waals surface area contributed by atoms with E-state index in [1.807, 2.05) is 31.2 Å². The Kier molecular flexibility index (Phi) is 8.83. The third kappa shape index (κ3) is 6.17. The molecule has 3 rings (SSSR count). The molecule has 0 spiro atoms. The number of aromatic nitrogens is 2. The van der Waals surface area contributed by atoms with E-state index in [0.717, 1.165) is 24.5 Å². The number of piperazine rings is 1. The second-order valence-corrected chi connectivity index (χ2v) is 6.99. The molecule has 0 amide bonds. The van der Waals surface area contributed by atoms with Crippen molar-refractivity contribution in [3.63, 3.8) is 0 Å². The molecule has 0 atom stereocenters. The lowest BCUT2D eigenvalue weighted by atomic mass is 10.2. The average Bonchev–Trinajstić information content (AvgIpc) is 3.12. The van der Waals surface area contributed by atoms with Crippen molar-refractivity contribution in [2.45, 2.75) is 19.6 Å². The quantitative estimate of drug-likeness (QED) is 0.351. The molecular formula is C20H28F3IN6O. The molecule has 1 aromatic carbocycles. The van der Waals surface area contributed by atoms with Gasteiger partial charge in [-0.2, -0.15) is 18.3 Å². The van der Waals surface area contributed by atoms with E-state index < -0.39 is 11.9 Å². The normalized spacial score (nSPS) is 15.0. The maximum atomic E-state index is 13.2. The number of methoxy groups -OCH3 is 1. The molecule has 2 heterocycles. The van der Waals surface area contributed by atoms with E-state index in [0.29, 0.717) is 25.6 Å². The summed E-state index contributed by atoms with van der Waals surface area (Å²) in [6.45, 7) is 5.39. The standard InChI is InChI=1S/C20H27F3N6O.HI/c1-4-24-19(25-13-15-14-27(2)26-18(15)20(21,22)23)29-11-9-28(10-12-29)16-7-5-6-8-17(16)30-3;/h5-8,14H,4,9-13H2,1-3H3,(H,24,25);1H. The first-order valence-corrected chi connectivity index (χ1v) is 9.84. The summed E-state index contributed by atoms with van der Waals surface area (Å²) >= 11 is 0. The summed E-state index contributed by atoms with van der Waals surface area (Å²) in [4.78, 5) is 8.77. The second-order valence-electron chi connectivity index (χ2n) is 6.99. The fraction of sp³-hybridized carbons (Fsp3) is 0.500. The first-order valence-electron chi connectivity index (χ1n) is 9.84. The van der Waals surface area contributed by atoms with Crippen molar-refractivity contribution in [3.8, 4) is 5.75 Å². The Morgan fingerprint density at radius 2 is 1.87 bits per heavy atom. The molecule has 7 nitrogen and oxygen atoms in total. The van der Waals surface area contributed by atoms with Crippen molar-refractivity contribution in [1.29, 1.82) is 0 Å². The molecule has 1 aliphatic rings. The van der Waals surface area contributed by atoms with Crippen LogP contribution in [0.15, 0.2) is 35.5 Å². The summed E-state index contributed by atoms with van der Waals surface area (Å²) < 4.78 is 46.2. The highest BCUT2D eigenvalue weighted by atomic mass is 127. The van der Waals surface area contributed by atoms with Gasteiger partial charge in [-0.15, -0.1) is 24.0 Å². The van der Waals surface area contributed by atoms with Gasteiger partial charge in [0.2, 0.25) is 0 Å². The van der Waals surface area contributed by atoms with Crippen molar-refractivity contribution < 1.29 is 17.9 Å². The summed E-state index contributed by atoms with van der Waals surface area (Å²) in [6, 6.07) is 7.86. The third-order valence-corrected chi connectivity index (χ3v) is 4.91. The molecule has 1 N–H and O–H groups in total. The molecular weight excluding hydrogens is 524 g/mol. The molecule has 1 aliphatic heterocycles. The van der Waals surface area contributed by atoms with Gasteiger partial charge in [0.25, 0.3) is 0 Å². The molecule has 0 radical (unpaired) electrons. The fourth-order valence-electron chi connectivity index (χ4n) is 3.53. The Bertz CT molecular complexity index is 878. The number of halogens is 4.